The summed E-state index contributed by atoms with van der Waals surface area (Å²) in [5.41, 5.74) is 2.64. The summed E-state index contributed by atoms with van der Waals surface area (Å²) in [5, 5.41) is 5.44. The summed E-state index contributed by atoms with van der Waals surface area (Å²) in [6.45, 7) is 2.19. The Bertz CT molecular complexity index is 1110. The molecule has 0 unspecified atom stereocenters. The largest absolute Gasteiger partial charge is 0.375 e. The molecule has 7 nitrogen and oxygen atoms in total. The second-order valence-corrected chi connectivity index (χ2v) is 7.12. The van der Waals surface area contributed by atoms with Crippen LogP contribution in [-0.2, 0) is 22.5 Å². The summed E-state index contributed by atoms with van der Waals surface area (Å²) >= 11 is 0. The molecule has 0 aliphatic rings. The number of carbonyl (C=O) groups is 2. The number of aromatic nitrogens is 1. The van der Waals surface area contributed by atoms with Gasteiger partial charge >= 0.3 is 0 Å². The SMILES string of the molecule is COCC(=O)Nc1ccc(NC(=O)c2c(C)ccn(CCc3ccccc3)c2=O)cc1. The Kier molecular flexibility index (Phi) is 7.35. The molecule has 3 rings (SSSR count). The van der Waals surface area contributed by atoms with Crippen LogP contribution in [0.2, 0.25) is 0 Å². The molecule has 0 fully saturated rings. The van der Waals surface area contributed by atoms with E-state index in [0.29, 0.717) is 29.9 Å². The van der Waals surface area contributed by atoms with Crippen LogP contribution < -0.4 is 16.2 Å². The van der Waals surface area contributed by atoms with E-state index in [4.69, 9.17) is 4.74 Å². The summed E-state index contributed by atoms with van der Waals surface area (Å²) in [5.74, 6) is -0.733. The smallest absolute Gasteiger partial charge is 0.263 e. The van der Waals surface area contributed by atoms with Crippen LogP contribution in [0.5, 0.6) is 0 Å². The number of amides is 2. The predicted octanol–water partition coefficient (Wildman–Crippen LogP) is 3.24. The molecule has 0 radical (unpaired) electrons. The lowest BCUT2D eigenvalue weighted by Crippen LogP contribution is -2.30. The number of benzene rings is 2. The number of nitrogens with zero attached hydrogens (tertiary/aromatic N) is 1. The Hall–Kier alpha value is -3.71. The minimum atomic E-state index is -0.465. The zero-order chi connectivity index (χ0) is 22.2. The van der Waals surface area contributed by atoms with Crippen molar-refractivity contribution >= 4 is 23.2 Å². The van der Waals surface area contributed by atoms with Crippen LogP contribution in [0.3, 0.4) is 0 Å². The molecule has 0 spiro atoms. The topological polar surface area (TPSA) is 89.4 Å². The molecule has 0 saturated heterocycles. The standard InChI is InChI=1S/C24H25N3O4/c1-17-12-14-27(15-13-18-6-4-3-5-7-18)24(30)22(17)23(29)26-20-10-8-19(9-11-20)25-21(28)16-31-2/h3-12,14H,13,15-16H2,1-2H3,(H,25,28)(H,26,29). The van der Waals surface area contributed by atoms with Crippen molar-refractivity contribution in [1.29, 1.82) is 0 Å². The summed E-state index contributed by atoms with van der Waals surface area (Å²) in [6, 6.07) is 18.3. The molecule has 2 amide bonds. The van der Waals surface area contributed by atoms with Crippen molar-refractivity contribution < 1.29 is 14.3 Å². The van der Waals surface area contributed by atoms with Crippen molar-refractivity contribution in [2.75, 3.05) is 24.4 Å². The molecule has 160 valence electrons. The van der Waals surface area contributed by atoms with Crippen molar-refractivity contribution in [1.82, 2.24) is 4.57 Å². The van der Waals surface area contributed by atoms with Gasteiger partial charge in [0.2, 0.25) is 5.91 Å². The number of hydrogen-bond donors (Lipinski definition) is 2. The Morgan fingerprint density at radius 2 is 1.58 bits per heavy atom. The predicted molar refractivity (Wildman–Crippen MR) is 120 cm³/mol. The minimum absolute atomic E-state index is 0.0394. The lowest BCUT2D eigenvalue weighted by molar-refractivity contribution is -0.119. The number of methoxy groups -OCH3 is 1. The van der Waals surface area contributed by atoms with Crippen LogP contribution in [0.25, 0.3) is 0 Å². The van der Waals surface area contributed by atoms with Gasteiger partial charge in [-0.25, -0.2) is 0 Å². The molecule has 3 aromatic rings. The number of ether oxygens (including phenoxy) is 1. The highest BCUT2D eigenvalue weighted by atomic mass is 16.5. The molecule has 31 heavy (non-hydrogen) atoms. The Labute approximate surface area is 180 Å². The Morgan fingerprint density at radius 3 is 2.23 bits per heavy atom. The van der Waals surface area contributed by atoms with Gasteiger partial charge in [-0.3, -0.25) is 14.4 Å². The van der Waals surface area contributed by atoms with Gasteiger partial charge in [-0.1, -0.05) is 30.3 Å². The van der Waals surface area contributed by atoms with Gasteiger partial charge in [0.05, 0.1) is 0 Å². The average molecular weight is 419 g/mol. The van der Waals surface area contributed by atoms with E-state index in [1.807, 2.05) is 30.3 Å². The fourth-order valence-electron chi connectivity index (χ4n) is 3.17. The van der Waals surface area contributed by atoms with E-state index in [-0.39, 0.29) is 23.6 Å². The number of hydrogen-bond acceptors (Lipinski definition) is 4. The number of rotatable bonds is 8. The van der Waals surface area contributed by atoms with Crippen molar-refractivity contribution in [3.05, 3.63) is 93.9 Å². The fourth-order valence-corrected chi connectivity index (χ4v) is 3.17. The molecule has 1 heterocycles. The van der Waals surface area contributed by atoms with E-state index in [9.17, 15) is 14.4 Å². The molecule has 1 aromatic heterocycles. The maximum Gasteiger partial charge on any atom is 0.263 e. The lowest BCUT2D eigenvalue weighted by Gasteiger charge is -2.12. The van der Waals surface area contributed by atoms with Crippen LogP contribution in [0.15, 0.2) is 71.7 Å². The number of anilines is 2. The Balaban J connectivity index is 1.71. The molecule has 2 N–H and O–H groups in total. The first-order valence-electron chi connectivity index (χ1n) is 9.92. The average Bonchev–Trinajstić information content (AvgIpc) is 2.75. The molecular formula is C24H25N3O4. The van der Waals surface area contributed by atoms with E-state index >= 15 is 0 Å². The first-order chi connectivity index (χ1) is 15.0. The van der Waals surface area contributed by atoms with E-state index in [1.165, 1.54) is 7.11 Å². The van der Waals surface area contributed by atoms with E-state index in [1.54, 1.807) is 48.0 Å². The molecule has 2 aromatic carbocycles. The summed E-state index contributed by atoms with van der Waals surface area (Å²) in [4.78, 5) is 37.3. The molecule has 0 aliphatic carbocycles. The zero-order valence-electron chi connectivity index (χ0n) is 17.6. The molecule has 0 bridgehead atoms. The zero-order valence-corrected chi connectivity index (χ0v) is 17.6. The number of carbonyl (C=O) groups excluding carboxylic acids is 2. The van der Waals surface area contributed by atoms with Crippen LogP contribution in [0.1, 0.15) is 21.5 Å². The molecule has 7 heteroatoms. The van der Waals surface area contributed by atoms with E-state index in [2.05, 4.69) is 10.6 Å². The Morgan fingerprint density at radius 1 is 0.935 bits per heavy atom. The second kappa shape index (κ2) is 10.4. The van der Waals surface area contributed by atoms with Crippen LogP contribution in [-0.4, -0.2) is 30.1 Å². The highest BCUT2D eigenvalue weighted by molar-refractivity contribution is 6.05. The maximum absolute atomic E-state index is 12.9. The monoisotopic (exact) mass is 419 g/mol. The third kappa shape index (κ3) is 5.90. The molecular weight excluding hydrogens is 394 g/mol. The summed E-state index contributed by atoms with van der Waals surface area (Å²) in [6.07, 6.45) is 2.41. The van der Waals surface area contributed by atoms with E-state index < -0.39 is 5.91 Å². The maximum atomic E-state index is 12.9. The highest BCUT2D eigenvalue weighted by Crippen LogP contribution is 2.15. The molecule has 0 aliphatic heterocycles. The van der Waals surface area contributed by atoms with Gasteiger partial charge in [0.15, 0.2) is 0 Å². The van der Waals surface area contributed by atoms with Gasteiger partial charge in [-0.2, -0.15) is 0 Å². The number of aryl methyl sites for hydroxylation is 3. The van der Waals surface area contributed by atoms with Crippen LogP contribution in [0, 0.1) is 6.92 Å². The van der Waals surface area contributed by atoms with Crippen LogP contribution >= 0.6 is 0 Å². The van der Waals surface area contributed by atoms with Crippen LogP contribution in [0.4, 0.5) is 11.4 Å². The third-order valence-electron chi connectivity index (χ3n) is 4.79. The second-order valence-electron chi connectivity index (χ2n) is 7.12. The normalized spacial score (nSPS) is 10.5. The van der Waals surface area contributed by atoms with Crippen molar-refractivity contribution in [2.45, 2.75) is 19.9 Å². The molecule has 0 atom stereocenters. The lowest BCUT2D eigenvalue weighted by atomic mass is 10.1. The van der Waals surface area contributed by atoms with Gasteiger partial charge in [0.25, 0.3) is 11.5 Å². The number of pyridine rings is 1. The third-order valence-corrected chi connectivity index (χ3v) is 4.79. The fraction of sp³-hybridized carbons (Fsp3) is 0.208. The van der Waals surface area contributed by atoms with E-state index in [0.717, 1.165) is 5.56 Å². The summed E-state index contributed by atoms with van der Waals surface area (Å²) < 4.78 is 6.33. The summed E-state index contributed by atoms with van der Waals surface area (Å²) in [7, 11) is 1.44. The van der Waals surface area contributed by atoms with Gasteiger partial charge in [-0.05, 0) is 54.8 Å². The van der Waals surface area contributed by atoms with Crippen molar-refractivity contribution in [3.8, 4) is 0 Å². The minimum Gasteiger partial charge on any atom is -0.375 e. The van der Waals surface area contributed by atoms with Gasteiger partial charge in [0, 0.05) is 31.2 Å². The van der Waals surface area contributed by atoms with Gasteiger partial charge < -0.3 is 19.9 Å². The van der Waals surface area contributed by atoms with Gasteiger partial charge in [-0.15, -0.1) is 0 Å². The first-order valence-corrected chi connectivity index (χ1v) is 9.92. The molecule has 0 saturated carbocycles. The van der Waals surface area contributed by atoms with Crippen molar-refractivity contribution in [2.24, 2.45) is 0 Å². The van der Waals surface area contributed by atoms with Gasteiger partial charge in [0.1, 0.15) is 12.2 Å². The number of nitrogens with one attached hydrogen (secondary N) is 2. The first kappa shape index (κ1) is 22.0. The highest BCUT2D eigenvalue weighted by Gasteiger charge is 2.16. The van der Waals surface area contributed by atoms with Crippen molar-refractivity contribution in [3.63, 3.8) is 0 Å². The quantitative estimate of drug-likeness (QED) is 0.587.